The molecule has 0 bridgehead atoms. The molecular weight excluding hydrogens is 308 g/mol. The van der Waals surface area contributed by atoms with E-state index in [1.54, 1.807) is 30.3 Å². The van der Waals surface area contributed by atoms with Crippen LogP contribution in [-0.4, -0.2) is 60.8 Å². The van der Waals surface area contributed by atoms with Crippen LogP contribution >= 0.6 is 0 Å². The minimum Gasteiger partial charge on any atom is -0.338 e. The van der Waals surface area contributed by atoms with Gasteiger partial charge in [0, 0.05) is 45.6 Å². The van der Waals surface area contributed by atoms with Crippen LogP contribution in [0.3, 0.4) is 0 Å². The van der Waals surface area contributed by atoms with Gasteiger partial charge in [-0.3, -0.25) is 14.4 Å². The predicted octanol–water partition coefficient (Wildman–Crippen LogP) is -0.231. The Bertz CT molecular complexity index is 895. The van der Waals surface area contributed by atoms with Gasteiger partial charge in [-0.2, -0.15) is 5.10 Å². The lowest BCUT2D eigenvalue weighted by Gasteiger charge is -2.34. The van der Waals surface area contributed by atoms with Crippen molar-refractivity contribution in [3.05, 3.63) is 40.8 Å². The summed E-state index contributed by atoms with van der Waals surface area (Å²) in [4.78, 5) is 32.5. The van der Waals surface area contributed by atoms with E-state index in [2.05, 4.69) is 34.8 Å². The molecule has 0 amide bonds. The van der Waals surface area contributed by atoms with E-state index >= 15 is 0 Å². The molecule has 1 aliphatic rings. The molecule has 0 aliphatic carbocycles. The second kappa shape index (κ2) is 6.00. The number of H-pyrrole nitrogens is 1. The fourth-order valence-electron chi connectivity index (χ4n) is 2.93. The van der Waals surface area contributed by atoms with Crippen LogP contribution in [0.2, 0.25) is 0 Å². The van der Waals surface area contributed by atoms with Crippen molar-refractivity contribution in [3.8, 4) is 0 Å². The number of hydrogen-bond donors (Lipinski definition) is 1. The first-order valence-corrected chi connectivity index (χ1v) is 7.86. The Balaban J connectivity index is 1.46. The van der Waals surface area contributed by atoms with E-state index in [4.69, 9.17) is 0 Å². The van der Waals surface area contributed by atoms with Crippen molar-refractivity contribution >= 4 is 17.0 Å². The lowest BCUT2D eigenvalue weighted by atomic mass is 10.3. The molecule has 0 unspecified atom stereocenters. The van der Waals surface area contributed by atoms with E-state index in [1.807, 2.05) is 6.07 Å². The van der Waals surface area contributed by atoms with Crippen LogP contribution in [0.15, 0.2) is 29.5 Å². The maximum atomic E-state index is 12.1. The first-order valence-electron chi connectivity index (χ1n) is 7.86. The minimum absolute atomic E-state index is 0.139. The number of aryl methyl sites for hydroxylation is 1. The molecule has 3 aromatic heterocycles. The molecule has 1 saturated heterocycles. The average Bonchev–Trinajstić information content (AvgIpc) is 2.98. The molecule has 24 heavy (non-hydrogen) atoms. The number of hydrogen-bond acceptors (Lipinski definition) is 7. The molecule has 1 fully saturated rings. The largest absolute Gasteiger partial charge is 0.338 e. The molecule has 9 heteroatoms. The lowest BCUT2D eigenvalue weighted by molar-refractivity contribution is 0.243. The minimum atomic E-state index is -0.139. The summed E-state index contributed by atoms with van der Waals surface area (Å²) in [5, 5.41) is 4.61. The van der Waals surface area contributed by atoms with Crippen molar-refractivity contribution < 1.29 is 0 Å². The zero-order valence-corrected chi connectivity index (χ0v) is 13.4. The number of aromatic nitrogens is 6. The average molecular weight is 326 g/mol. The number of fused-ring (bicyclic) bond motifs is 1. The molecular formula is C15H18N8O. The monoisotopic (exact) mass is 326 g/mol. The maximum absolute atomic E-state index is 12.1. The van der Waals surface area contributed by atoms with Gasteiger partial charge in [0.1, 0.15) is 11.2 Å². The van der Waals surface area contributed by atoms with Gasteiger partial charge < -0.3 is 9.88 Å². The van der Waals surface area contributed by atoms with Gasteiger partial charge in [-0.1, -0.05) is 0 Å². The molecule has 0 aromatic carbocycles. The van der Waals surface area contributed by atoms with Crippen LogP contribution in [0.5, 0.6) is 0 Å². The molecule has 1 N–H and O–H groups in total. The van der Waals surface area contributed by atoms with Crippen LogP contribution in [-0.2, 0) is 13.6 Å². The van der Waals surface area contributed by atoms with Crippen molar-refractivity contribution in [3.63, 3.8) is 0 Å². The van der Waals surface area contributed by atoms with Gasteiger partial charge in [0.15, 0.2) is 5.65 Å². The van der Waals surface area contributed by atoms with E-state index in [1.165, 1.54) is 0 Å². The zero-order valence-electron chi connectivity index (χ0n) is 13.4. The first kappa shape index (κ1) is 14.8. The van der Waals surface area contributed by atoms with Crippen LogP contribution < -0.4 is 10.5 Å². The van der Waals surface area contributed by atoms with E-state index in [-0.39, 0.29) is 5.56 Å². The normalized spacial score (nSPS) is 16.0. The third kappa shape index (κ3) is 2.73. The molecule has 1 aliphatic heterocycles. The Kier molecular flexibility index (Phi) is 3.69. The summed E-state index contributed by atoms with van der Waals surface area (Å²) >= 11 is 0. The summed E-state index contributed by atoms with van der Waals surface area (Å²) < 4.78 is 1.62. The van der Waals surface area contributed by atoms with Crippen molar-refractivity contribution in [2.24, 2.45) is 7.05 Å². The predicted molar refractivity (Wildman–Crippen MR) is 88.7 cm³/mol. The Morgan fingerprint density at radius 1 is 1.17 bits per heavy atom. The summed E-state index contributed by atoms with van der Waals surface area (Å²) in [7, 11) is 1.79. The Morgan fingerprint density at radius 3 is 2.67 bits per heavy atom. The Hall–Kier alpha value is -2.81. The summed E-state index contributed by atoms with van der Waals surface area (Å²) in [5.41, 5.74) is 0.476. The van der Waals surface area contributed by atoms with Crippen molar-refractivity contribution in [1.82, 2.24) is 34.6 Å². The molecule has 124 valence electrons. The van der Waals surface area contributed by atoms with E-state index < -0.39 is 0 Å². The number of piperazine rings is 1. The third-order valence-electron chi connectivity index (χ3n) is 4.23. The van der Waals surface area contributed by atoms with Gasteiger partial charge in [0.2, 0.25) is 5.95 Å². The van der Waals surface area contributed by atoms with Gasteiger partial charge >= 0.3 is 0 Å². The van der Waals surface area contributed by atoms with E-state index in [0.717, 1.165) is 32.1 Å². The van der Waals surface area contributed by atoms with E-state index in [0.29, 0.717) is 23.4 Å². The van der Waals surface area contributed by atoms with Gasteiger partial charge in [0.05, 0.1) is 12.7 Å². The second-order valence-electron chi connectivity index (χ2n) is 5.83. The van der Waals surface area contributed by atoms with Crippen molar-refractivity contribution in [1.29, 1.82) is 0 Å². The smallest absolute Gasteiger partial charge is 0.262 e. The topological polar surface area (TPSA) is 95.8 Å². The number of rotatable bonds is 3. The molecule has 0 saturated carbocycles. The van der Waals surface area contributed by atoms with Crippen LogP contribution in [0.1, 0.15) is 5.82 Å². The van der Waals surface area contributed by atoms with Gasteiger partial charge in [0.25, 0.3) is 5.56 Å². The molecule has 0 spiro atoms. The highest BCUT2D eigenvalue weighted by molar-refractivity contribution is 5.72. The summed E-state index contributed by atoms with van der Waals surface area (Å²) in [6.45, 7) is 4.04. The summed E-state index contributed by atoms with van der Waals surface area (Å²) in [6, 6.07) is 1.82. The summed E-state index contributed by atoms with van der Waals surface area (Å²) in [6.07, 6.45) is 5.06. The lowest BCUT2D eigenvalue weighted by Crippen LogP contribution is -2.46. The zero-order chi connectivity index (χ0) is 16.5. The quantitative estimate of drug-likeness (QED) is 0.710. The molecule has 9 nitrogen and oxygen atoms in total. The van der Waals surface area contributed by atoms with Crippen molar-refractivity contribution in [2.45, 2.75) is 6.54 Å². The Labute approximate surface area is 138 Å². The van der Waals surface area contributed by atoms with Gasteiger partial charge in [-0.25, -0.2) is 15.0 Å². The standard InChI is InChI=1S/C15H18N8O/c1-21-13-11(9-18-21)14(24)20-12(19-13)10-22-5-7-23(8-6-22)15-16-3-2-4-17-15/h2-4,9H,5-8,10H2,1H3,(H,19,20,24). The van der Waals surface area contributed by atoms with Crippen LogP contribution in [0.4, 0.5) is 5.95 Å². The molecule has 0 atom stereocenters. The number of nitrogens with one attached hydrogen (secondary N) is 1. The molecule has 0 radical (unpaired) electrons. The molecule has 3 aromatic rings. The fourth-order valence-corrected chi connectivity index (χ4v) is 2.93. The summed E-state index contributed by atoms with van der Waals surface area (Å²) in [5.74, 6) is 1.43. The van der Waals surface area contributed by atoms with Gasteiger partial charge in [-0.05, 0) is 6.07 Å². The molecule has 4 rings (SSSR count). The van der Waals surface area contributed by atoms with Crippen LogP contribution in [0.25, 0.3) is 11.0 Å². The third-order valence-corrected chi connectivity index (χ3v) is 4.23. The number of aromatic amines is 1. The first-order chi connectivity index (χ1) is 11.7. The van der Waals surface area contributed by atoms with Crippen molar-refractivity contribution in [2.75, 3.05) is 31.1 Å². The number of nitrogens with zero attached hydrogens (tertiary/aromatic N) is 7. The highest BCUT2D eigenvalue weighted by Crippen LogP contribution is 2.12. The Morgan fingerprint density at radius 2 is 1.92 bits per heavy atom. The van der Waals surface area contributed by atoms with Gasteiger partial charge in [-0.15, -0.1) is 0 Å². The molecule has 4 heterocycles. The highest BCUT2D eigenvalue weighted by Gasteiger charge is 2.20. The maximum Gasteiger partial charge on any atom is 0.262 e. The fraction of sp³-hybridized carbons (Fsp3) is 0.400. The second-order valence-corrected chi connectivity index (χ2v) is 5.83. The highest BCUT2D eigenvalue weighted by atomic mass is 16.1. The van der Waals surface area contributed by atoms with Crippen LogP contribution in [0, 0.1) is 0 Å². The number of anilines is 1. The SMILES string of the molecule is Cn1ncc2c(=O)[nH]c(CN3CCN(c4ncccn4)CC3)nc21. The van der Waals surface area contributed by atoms with E-state index in [9.17, 15) is 4.79 Å².